The molecule has 1 aliphatic heterocycles. The average molecular weight is 463 g/mol. The van der Waals surface area contributed by atoms with Gasteiger partial charge in [0, 0.05) is 23.5 Å². The number of aromatic carboxylic acids is 1. The highest BCUT2D eigenvalue weighted by Gasteiger charge is 2.43. The Morgan fingerprint density at radius 3 is 2.50 bits per heavy atom. The van der Waals surface area contributed by atoms with Gasteiger partial charge in [0.1, 0.15) is 11.6 Å². The second kappa shape index (κ2) is 9.01. The van der Waals surface area contributed by atoms with Crippen molar-refractivity contribution < 1.29 is 24.2 Å². The van der Waals surface area contributed by atoms with Crippen LogP contribution in [0.15, 0.2) is 59.7 Å². The Kier molecular flexibility index (Phi) is 6.10. The molecule has 3 N–H and O–H groups in total. The average Bonchev–Trinajstić information content (AvgIpc) is 3.32. The maximum Gasteiger partial charge on any atom is 0.417 e. The molecular formula is C25H26N4O5. The quantitative estimate of drug-likeness (QED) is 0.533. The summed E-state index contributed by atoms with van der Waals surface area (Å²) in [4.78, 5) is 46.0. The van der Waals surface area contributed by atoms with Gasteiger partial charge in [0.15, 0.2) is 0 Å². The van der Waals surface area contributed by atoms with Gasteiger partial charge in [-0.05, 0) is 50.1 Å². The van der Waals surface area contributed by atoms with E-state index in [1.54, 1.807) is 32.9 Å². The summed E-state index contributed by atoms with van der Waals surface area (Å²) in [5.74, 6) is -1.26. The van der Waals surface area contributed by atoms with E-state index in [4.69, 9.17) is 9.84 Å². The van der Waals surface area contributed by atoms with Gasteiger partial charge in [-0.1, -0.05) is 30.3 Å². The molecule has 2 aromatic carbocycles. The number of benzene rings is 2. The van der Waals surface area contributed by atoms with Gasteiger partial charge in [-0.3, -0.25) is 10.1 Å². The van der Waals surface area contributed by atoms with Crippen molar-refractivity contribution in [3.05, 3.63) is 71.4 Å². The lowest BCUT2D eigenvalue weighted by molar-refractivity contribution is -0.121. The zero-order chi connectivity index (χ0) is 24.5. The van der Waals surface area contributed by atoms with Crippen LogP contribution < -0.4 is 5.32 Å². The highest BCUT2D eigenvalue weighted by Crippen LogP contribution is 2.24. The first-order chi connectivity index (χ1) is 16.1. The Morgan fingerprint density at radius 2 is 1.82 bits per heavy atom. The van der Waals surface area contributed by atoms with E-state index in [1.807, 2.05) is 30.5 Å². The molecule has 1 aromatic heterocycles. The van der Waals surface area contributed by atoms with Crippen LogP contribution in [-0.4, -0.2) is 50.6 Å². The Bertz CT molecular complexity index is 1270. The van der Waals surface area contributed by atoms with Gasteiger partial charge in [-0.2, -0.15) is 0 Å². The van der Waals surface area contributed by atoms with Gasteiger partial charge in [0.2, 0.25) is 11.9 Å². The number of amides is 2. The number of aromatic nitrogens is 1. The first kappa shape index (κ1) is 23.0. The highest BCUT2D eigenvalue weighted by molar-refractivity contribution is 6.12. The van der Waals surface area contributed by atoms with Crippen LogP contribution in [0.4, 0.5) is 4.79 Å². The Labute approximate surface area is 196 Å². The Morgan fingerprint density at radius 1 is 1.12 bits per heavy atom. The molecular weight excluding hydrogens is 436 g/mol. The van der Waals surface area contributed by atoms with E-state index in [9.17, 15) is 14.4 Å². The topological polar surface area (TPSA) is 124 Å². The van der Waals surface area contributed by atoms with Crippen LogP contribution in [0.5, 0.6) is 0 Å². The number of nitrogens with one attached hydrogen (secondary N) is 2. The number of ether oxygens (including phenoxy) is 1. The Hall–Kier alpha value is -4.14. The monoisotopic (exact) mass is 462 g/mol. The van der Waals surface area contributed by atoms with Gasteiger partial charge < -0.3 is 14.8 Å². The molecule has 2 heterocycles. The van der Waals surface area contributed by atoms with E-state index in [0.29, 0.717) is 0 Å². The number of nitrogens with zero attached hydrogens (tertiary/aromatic N) is 2. The second-order valence-corrected chi connectivity index (χ2v) is 9.06. The number of carbonyl (C=O) groups is 3. The summed E-state index contributed by atoms with van der Waals surface area (Å²) in [7, 11) is 0. The maximum absolute atomic E-state index is 13.1. The van der Waals surface area contributed by atoms with E-state index in [1.165, 1.54) is 17.0 Å². The predicted molar refractivity (Wildman–Crippen MR) is 127 cm³/mol. The molecule has 0 spiro atoms. The van der Waals surface area contributed by atoms with E-state index in [0.717, 1.165) is 22.0 Å². The molecule has 9 heteroatoms. The van der Waals surface area contributed by atoms with Gasteiger partial charge in [0.25, 0.3) is 0 Å². The fourth-order valence-corrected chi connectivity index (χ4v) is 3.77. The van der Waals surface area contributed by atoms with Crippen LogP contribution in [0.1, 0.15) is 42.3 Å². The fourth-order valence-electron chi connectivity index (χ4n) is 3.77. The molecule has 0 radical (unpaired) electrons. The van der Waals surface area contributed by atoms with Crippen LogP contribution in [-0.2, 0) is 22.5 Å². The molecule has 34 heavy (non-hydrogen) atoms. The molecule has 0 aliphatic carbocycles. The third kappa shape index (κ3) is 4.93. The van der Waals surface area contributed by atoms with Crippen molar-refractivity contribution in [1.82, 2.24) is 15.2 Å². The summed E-state index contributed by atoms with van der Waals surface area (Å²) in [6, 6.07) is 13.2. The number of carboxylic acids is 1. The number of aromatic amines is 1. The summed E-state index contributed by atoms with van der Waals surface area (Å²) in [6.07, 6.45) is 1.45. The molecule has 1 fully saturated rings. The third-order valence-electron chi connectivity index (χ3n) is 5.37. The van der Waals surface area contributed by atoms with Crippen molar-refractivity contribution in [3.63, 3.8) is 0 Å². The number of fused-ring (bicyclic) bond motifs is 1. The lowest BCUT2D eigenvalue weighted by atomic mass is 10.0. The third-order valence-corrected chi connectivity index (χ3v) is 5.37. The number of hydrogen-bond donors (Lipinski definition) is 3. The number of hydrogen-bond acceptors (Lipinski definition) is 5. The van der Waals surface area contributed by atoms with Crippen molar-refractivity contribution in [2.45, 2.75) is 45.4 Å². The minimum absolute atomic E-state index is 0.103. The minimum atomic E-state index is -1.02. The van der Waals surface area contributed by atoms with E-state index >= 15 is 0 Å². The smallest absolute Gasteiger partial charge is 0.417 e. The first-order valence-corrected chi connectivity index (χ1v) is 10.9. The zero-order valence-corrected chi connectivity index (χ0v) is 19.2. The molecule has 1 saturated heterocycles. The molecule has 0 bridgehead atoms. The van der Waals surface area contributed by atoms with Crippen LogP contribution in [0, 0.1) is 0 Å². The van der Waals surface area contributed by atoms with Crippen molar-refractivity contribution in [1.29, 1.82) is 0 Å². The highest BCUT2D eigenvalue weighted by atomic mass is 16.6. The fraction of sp³-hybridized carbons (Fsp3) is 0.280. The predicted octanol–water partition coefficient (Wildman–Crippen LogP) is 3.70. The van der Waals surface area contributed by atoms with Crippen LogP contribution in [0.2, 0.25) is 0 Å². The standard InChI is InChI=1S/C25H26N4O5/c1-25(2,3)34-24(33)29-20(12-17-14-26-19-7-5-4-6-18(17)19)21(30)28-23(29)27-13-15-8-10-16(11-9-15)22(31)32/h4-11,14,20,26H,12-13H2,1-3H3,(H,31,32)(H,27,28,30). The van der Waals surface area contributed by atoms with Gasteiger partial charge >= 0.3 is 12.1 Å². The number of carboxylic acid groups (broad SMARTS) is 1. The lowest BCUT2D eigenvalue weighted by Crippen LogP contribution is -2.45. The molecule has 1 aliphatic rings. The van der Waals surface area contributed by atoms with Gasteiger partial charge in [-0.25, -0.2) is 19.5 Å². The molecule has 1 unspecified atom stereocenters. The minimum Gasteiger partial charge on any atom is -0.478 e. The van der Waals surface area contributed by atoms with Crippen LogP contribution in [0.3, 0.4) is 0 Å². The van der Waals surface area contributed by atoms with Crippen molar-refractivity contribution in [2.75, 3.05) is 0 Å². The van der Waals surface area contributed by atoms with E-state index < -0.39 is 23.7 Å². The molecule has 0 saturated carbocycles. The van der Waals surface area contributed by atoms with Crippen LogP contribution in [0.25, 0.3) is 10.9 Å². The van der Waals surface area contributed by atoms with Crippen LogP contribution >= 0.6 is 0 Å². The first-order valence-electron chi connectivity index (χ1n) is 10.9. The molecule has 1 atom stereocenters. The summed E-state index contributed by atoms with van der Waals surface area (Å²) < 4.78 is 5.57. The van der Waals surface area contributed by atoms with E-state index in [2.05, 4.69) is 15.3 Å². The van der Waals surface area contributed by atoms with Gasteiger partial charge in [-0.15, -0.1) is 0 Å². The summed E-state index contributed by atoms with van der Waals surface area (Å²) in [6.45, 7) is 5.41. The number of carbonyl (C=O) groups excluding carboxylic acids is 2. The van der Waals surface area contributed by atoms with E-state index in [-0.39, 0.29) is 30.4 Å². The zero-order valence-electron chi connectivity index (χ0n) is 19.2. The van der Waals surface area contributed by atoms with Crippen molar-refractivity contribution in [2.24, 2.45) is 4.99 Å². The molecule has 9 nitrogen and oxygen atoms in total. The summed E-state index contributed by atoms with van der Waals surface area (Å²) in [5.41, 5.74) is 1.98. The molecule has 3 aromatic rings. The largest absolute Gasteiger partial charge is 0.478 e. The summed E-state index contributed by atoms with van der Waals surface area (Å²) in [5, 5.41) is 12.7. The molecule has 4 rings (SSSR count). The second-order valence-electron chi connectivity index (χ2n) is 9.06. The van der Waals surface area contributed by atoms with Gasteiger partial charge in [0.05, 0.1) is 12.1 Å². The normalized spacial score (nSPS) is 17.3. The Balaban J connectivity index is 1.62. The van der Waals surface area contributed by atoms with Crippen molar-refractivity contribution in [3.8, 4) is 0 Å². The number of aliphatic imine (C=N–C) groups is 1. The number of H-pyrrole nitrogens is 1. The SMILES string of the molecule is CC(C)(C)OC(=O)N1C(=NCc2ccc(C(=O)O)cc2)NC(=O)C1Cc1c[nH]c2ccccc12. The van der Waals surface area contributed by atoms with Crippen molar-refractivity contribution >= 4 is 34.8 Å². The number of rotatable bonds is 5. The molecule has 176 valence electrons. The number of para-hydroxylation sites is 1. The maximum atomic E-state index is 13.1. The summed E-state index contributed by atoms with van der Waals surface area (Å²) >= 11 is 0. The number of guanidine groups is 1. The molecule has 2 amide bonds. The lowest BCUT2D eigenvalue weighted by Gasteiger charge is -2.26.